The number of hydrogen-bond acceptors (Lipinski definition) is 3. The van der Waals surface area contributed by atoms with Crippen LogP contribution in [-0.4, -0.2) is 24.7 Å². The summed E-state index contributed by atoms with van der Waals surface area (Å²) in [7, 11) is 0. The minimum atomic E-state index is -0.354. The first-order valence-electron chi connectivity index (χ1n) is 3.85. The number of ether oxygens (including phenoxy) is 1. The predicted molar refractivity (Wildman–Crippen MR) is 40.8 cm³/mol. The highest BCUT2D eigenvalue weighted by Crippen LogP contribution is 2.15. The largest absolute Gasteiger partial charge is 0.377 e. The van der Waals surface area contributed by atoms with Crippen molar-refractivity contribution >= 4 is 5.91 Å². The topological polar surface area (TPSA) is 78.3 Å². The summed E-state index contributed by atoms with van der Waals surface area (Å²) in [5, 5.41) is 0. The molecule has 2 atom stereocenters. The Kier molecular flexibility index (Phi) is 2.84. The summed E-state index contributed by atoms with van der Waals surface area (Å²) < 4.78 is 5.28. The Balaban J connectivity index is 2.28. The summed E-state index contributed by atoms with van der Waals surface area (Å²) in [6.07, 6.45) is 2.26. The maximum absolute atomic E-state index is 10.5. The number of nitrogens with two attached hydrogens (primary N) is 2. The fourth-order valence-corrected chi connectivity index (χ4v) is 1.30. The van der Waals surface area contributed by atoms with E-state index in [9.17, 15) is 4.79 Å². The molecule has 4 N–H and O–H groups in total. The molecule has 4 heteroatoms. The van der Waals surface area contributed by atoms with E-state index in [-0.39, 0.29) is 24.5 Å². The lowest BCUT2D eigenvalue weighted by atomic mass is 10.1. The van der Waals surface area contributed by atoms with E-state index in [1.807, 2.05) is 0 Å². The van der Waals surface area contributed by atoms with Gasteiger partial charge in [-0.2, -0.15) is 0 Å². The molecule has 1 aliphatic rings. The molecule has 0 aromatic rings. The van der Waals surface area contributed by atoms with Gasteiger partial charge in [0.2, 0.25) is 5.91 Å². The zero-order valence-corrected chi connectivity index (χ0v) is 6.45. The third-order valence-corrected chi connectivity index (χ3v) is 1.88. The van der Waals surface area contributed by atoms with Crippen LogP contribution in [0, 0.1) is 0 Å². The van der Waals surface area contributed by atoms with Gasteiger partial charge in [-0.25, -0.2) is 0 Å². The molecule has 4 nitrogen and oxygen atoms in total. The molecular formula is C7H14N2O2. The fraction of sp³-hybridized carbons (Fsp3) is 0.857. The molecule has 0 aromatic heterocycles. The van der Waals surface area contributed by atoms with Gasteiger partial charge < -0.3 is 16.2 Å². The van der Waals surface area contributed by atoms with Crippen LogP contribution in [0.4, 0.5) is 0 Å². The van der Waals surface area contributed by atoms with Crippen LogP contribution in [0.5, 0.6) is 0 Å². The number of hydrogen-bond donors (Lipinski definition) is 2. The van der Waals surface area contributed by atoms with Crippen LogP contribution >= 0.6 is 0 Å². The minimum absolute atomic E-state index is 0.0440. The molecule has 1 amide bonds. The smallest absolute Gasteiger partial charge is 0.219 e. The Bertz CT molecular complexity index is 143. The van der Waals surface area contributed by atoms with Crippen molar-refractivity contribution in [2.75, 3.05) is 6.61 Å². The third kappa shape index (κ3) is 2.48. The van der Waals surface area contributed by atoms with Gasteiger partial charge in [0, 0.05) is 19.1 Å². The summed E-state index contributed by atoms with van der Waals surface area (Å²) in [5.74, 6) is -0.354. The monoisotopic (exact) mass is 158 g/mol. The first-order valence-corrected chi connectivity index (χ1v) is 3.85. The van der Waals surface area contributed by atoms with E-state index in [1.54, 1.807) is 0 Å². The molecule has 64 valence electrons. The zero-order chi connectivity index (χ0) is 8.27. The molecule has 0 aromatic carbocycles. The molecule has 0 aliphatic carbocycles. The Hall–Kier alpha value is -0.610. The standard InChI is InChI=1S/C7H14N2O2/c8-5(4-7(9)10)6-2-1-3-11-6/h5-6H,1-4,8H2,(H2,9,10). The van der Waals surface area contributed by atoms with Crippen molar-refractivity contribution < 1.29 is 9.53 Å². The van der Waals surface area contributed by atoms with Gasteiger partial charge in [0.05, 0.1) is 6.10 Å². The van der Waals surface area contributed by atoms with Gasteiger partial charge in [0.25, 0.3) is 0 Å². The van der Waals surface area contributed by atoms with Crippen LogP contribution in [0.2, 0.25) is 0 Å². The summed E-state index contributed by atoms with van der Waals surface area (Å²) in [6.45, 7) is 0.761. The van der Waals surface area contributed by atoms with E-state index in [4.69, 9.17) is 16.2 Å². The second kappa shape index (κ2) is 3.69. The average Bonchev–Trinajstić information content (AvgIpc) is 2.35. The Morgan fingerprint density at radius 2 is 2.45 bits per heavy atom. The fourth-order valence-electron chi connectivity index (χ4n) is 1.30. The van der Waals surface area contributed by atoms with Gasteiger partial charge in [0.1, 0.15) is 0 Å². The molecule has 1 rings (SSSR count). The van der Waals surface area contributed by atoms with Crippen LogP contribution in [0.25, 0.3) is 0 Å². The van der Waals surface area contributed by atoms with Crippen LogP contribution in [0.1, 0.15) is 19.3 Å². The molecule has 11 heavy (non-hydrogen) atoms. The molecule has 2 unspecified atom stereocenters. The Morgan fingerprint density at radius 1 is 1.73 bits per heavy atom. The van der Waals surface area contributed by atoms with E-state index in [2.05, 4.69) is 0 Å². The van der Waals surface area contributed by atoms with Gasteiger partial charge >= 0.3 is 0 Å². The van der Waals surface area contributed by atoms with Gasteiger partial charge in [0.15, 0.2) is 0 Å². The van der Waals surface area contributed by atoms with Crippen LogP contribution in [0.15, 0.2) is 0 Å². The minimum Gasteiger partial charge on any atom is -0.377 e. The lowest BCUT2D eigenvalue weighted by molar-refractivity contribution is -0.119. The summed E-state index contributed by atoms with van der Waals surface area (Å²) in [4.78, 5) is 10.5. The second-order valence-electron chi connectivity index (χ2n) is 2.89. The van der Waals surface area contributed by atoms with Crippen molar-refractivity contribution in [1.82, 2.24) is 0 Å². The maximum atomic E-state index is 10.5. The van der Waals surface area contributed by atoms with E-state index in [0.717, 1.165) is 19.4 Å². The molecule has 1 aliphatic heterocycles. The quantitative estimate of drug-likeness (QED) is 0.574. The van der Waals surface area contributed by atoms with E-state index in [0.29, 0.717) is 0 Å². The predicted octanol–water partition coefficient (Wildman–Crippen LogP) is -0.632. The van der Waals surface area contributed by atoms with Gasteiger partial charge in [-0.3, -0.25) is 4.79 Å². The molecule has 1 saturated heterocycles. The highest BCUT2D eigenvalue weighted by molar-refractivity contribution is 5.74. The van der Waals surface area contributed by atoms with Crippen molar-refractivity contribution in [2.45, 2.75) is 31.4 Å². The van der Waals surface area contributed by atoms with Gasteiger partial charge in [-0.1, -0.05) is 0 Å². The van der Waals surface area contributed by atoms with Crippen LogP contribution in [-0.2, 0) is 9.53 Å². The van der Waals surface area contributed by atoms with Crippen molar-refractivity contribution in [3.05, 3.63) is 0 Å². The normalized spacial score (nSPS) is 26.8. The highest BCUT2D eigenvalue weighted by atomic mass is 16.5. The SMILES string of the molecule is NC(=O)CC(N)C1CCCO1. The molecule has 0 saturated carbocycles. The molecule has 1 heterocycles. The van der Waals surface area contributed by atoms with Gasteiger partial charge in [-0.15, -0.1) is 0 Å². The maximum Gasteiger partial charge on any atom is 0.219 e. The first kappa shape index (κ1) is 8.49. The van der Waals surface area contributed by atoms with Crippen molar-refractivity contribution in [3.8, 4) is 0 Å². The summed E-state index contributed by atoms with van der Waals surface area (Å²) >= 11 is 0. The zero-order valence-electron chi connectivity index (χ0n) is 6.45. The van der Waals surface area contributed by atoms with Crippen molar-refractivity contribution in [1.29, 1.82) is 0 Å². The number of rotatable bonds is 3. The average molecular weight is 158 g/mol. The van der Waals surface area contributed by atoms with Crippen molar-refractivity contribution in [2.24, 2.45) is 11.5 Å². The molecule has 0 bridgehead atoms. The molecule has 1 fully saturated rings. The van der Waals surface area contributed by atoms with E-state index < -0.39 is 0 Å². The number of primary amides is 1. The van der Waals surface area contributed by atoms with E-state index >= 15 is 0 Å². The number of carbonyl (C=O) groups excluding carboxylic acids is 1. The third-order valence-electron chi connectivity index (χ3n) is 1.88. The number of carbonyl (C=O) groups is 1. The lowest BCUT2D eigenvalue weighted by Crippen LogP contribution is -2.37. The summed E-state index contributed by atoms with van der Waals surface area (Å²) in [6, 6.07) is -0.213. The Labute approximate surface area is 65.9 Å². The molecular weight excluding hydrogens is 144 g/mol. The lowest BCUT2D eigenvalue weighted by Gasteiger charge is -2.16. The van der Waals surface area contributed by atoms with Crippen LogP contribution in [0.3, 0.4) is 0 Å². The van der Waals surface area contributed by atoms with E-state index in [1.165, 1.54) is 0 Å². The number of amides is 1. The Morgan fingerprint density at radius 3 is 2.91 bits per heavy atom. The van der Waals surface area contributed by atoms with Crippen LogP contribution < -0.4 is 11.5 Å². The molecule has 0 radical (unpaired) electrons. The van der Waals surface area contributed by atoms with Crippen molar-refractivity contribution in [3.63, 3.8) is 0 Å². The first-order chi connectivity index (χ1) is 5.20. The molecule has 0 spiro atoms. The highest BCUT2D eigenvalue weighted by Gasteiger charge is 2.23. The second-order valence-corrected chi connectivity index (χ2v) is 2.89. The van der Waals surface area contributed by atoms with Gasteiger partial charge in [-0.05, 0) is 12.8 Å². The summed E-state index contributed by atoms with van der Waals surface area (Å²) in [5.41, 5.74) is 10.6.